The highest BCUT2D eigenvalue weighted by atomic mass is 16.3. The summed E-state index contributed by atoms with van der Waals surface area (Å²) in [6, 6.07) is 7.53. The van der Waals surface area contributed by atoms with Crippen molar-refractivity contribution < 1.29 is 9.21 Å². The molecule has 21 heavy (non-hydrogen) atoms. The number of hydrogen-bond acceptors (Lipinski definition) is 4. The highest BCUT2D eigenvalue weighted by Gasteiger charge is 2.13. The molecule has 0 unspecified atom stereocenters. The monoisotopic (exact) mass is 287 g/mol. The Kier molecular flexibility index (Phi) is 4.75. The topological polar surface area (TPSA) is 58.4 Å². The lowest BCUT2D eigenvalue weighted by atomic mass is 10.1. The zero-order chi connectivity index (χ0) is 15.4. The van der Waals surface area contributed by atoms with E-state index in [1.807, 2.05) is 33.2 Å². The Morgan fingerprint density at radius 2 is 2.14 bits per heavy atom. The number of aryl methyl sites for hydroxylation is 1. The van der Waals surface area contributed by atoms with Crippen LogP contribution in [0.2, 0.25) is 0 Å². The van der Waals surface area contributed by atoms with Gasteiger partial charge in [0.1, 0.15) is 5.69 Å². The summed E-state index contributed by atoms with van der Waals surface area (Å²) in [5, 5.41) is 2.93. The van der Waals surface area contributed by atoms with Crippen molar-refractivity contribution in [2.45, 2.75) is 19.9 Å². The summed E-state index contributed by atoms with van der Waals surface area (Å²) >= 11 is 0. The summed E-state index contributed by atoms with van der Waals surface area (Å²) in [5.74, 6) is 0.603. The minimum atomic E-state index is -0.0975. The lowest BCUT2D eigenvalue weighted by Gasteiger charge is -2.20. The fraction of sp³-hybridized carbons (Fsp3) is 0.375. The maximum Gasteiger partial charge on any atom is 0.253 e. The minimum absolute atomic E-state index is 0.0975. The zero-order valence-electron chi connectivity index (χ0n) is 12.9. The van der Waals surface area contributed by atoms with Crippen LogP contribution in [0.4, 0.5) is 0 Å². The van der Waals surface area contributed by atoms with Crippen LogP contribution in [0.1, 0.15) is 23.0 Å². The number of likely N-dealkylation sites (N-methyl/N-ethyl adjacent to an activating group) is 1. The van der Waals surface area contributed by atoms with E-state index in [0.717, 1.165) is 5.69 Å². The minimum Gasteiger partial charge on any atom is -0.463 e. The third-order valence-electron chi connectivity index (χ3n) is 3.54. The Labute approximate surface area is 125 Å². The molecule has 0 saturated carbocycles. The first-order valence-corrected chi connectivity index (χ1v) is 6.95. The van der Waals surface area contributed by atoms with E-state index in [0.29, 0.717) is 23.6 Å². The summed E-state index contributed by atoms with van der Waals surface area (Å²) < 4.78 is 5.31. The summed E-state index contributed by atoms with van der Waals surface area (Å²) in [6.07, 6.45) is 1.61. The number of aromatic nitrogens is 1. The number of carbonyl (C=O) groups is 1. The van der Waals surface area contributed by atoms with Crippen LogP contribution in [0, 0.1) is 6.92 Å². The Hall–Kier alpha value is -2.14. The van der Waals surface area contributed by atoms with Gasteiger partial charge in [-0.05, 0) is 52.2 Å². The number of carbonyl (C=O) groups excluding carboxylic acids is 1. The van der Waals surface area contributed by atoms with Gasteiger partial charge >= 0.3 is 0 Å². The zero-order valence-corrected chi connectivity index (χ0v) is 12.9. The molecule has 5 nitrogen and oxygen atoms in total. The van der Waals surface area contributed by atoms with Gasteiger partial charge in [0.25, 0.3) is 5.91 Å². The molecule has 5 heteroatoms. The van der Waals surface area contributed by atoms with Crippen LogP contribution in [0.5, 0.6) is 0 Å². The van der Waals surface area contributed by atoms with Crippen molar-refractivity contribution in [3.8, 4) is 11.5 Å². The van der Waals surface area contributed by atoms with Gasteiger partial charge < -0.3 is 14.6 Å². The van der Waals surface area contributed by atoms with Crippen molar-refractivity contribution >= 4 is 5.91 Å². The highest BCUT2D eigenvalue weighted by Crippen LogP contribution is 2.19. The molecule has 1 N–H and O–H groups in total. The van der Waals surface area contributed by atoms with E-state index in [-0.39, 0.29) is 11.9 Å². The molecule has 0 aliphatic carbocycles. The summed E-state index contributed by atoms with van der Waals surface area (Å²) in [5.41, 5.74) is 2.02. The van der Waals surface area contributed by atoms with E-state index in [9.17, 15) is 4.79 Å². The van der Waals surface area contributed by atoms with Gasteiger partial charge in [-0.2, -0.15) is 0 Å². The van der Waals surface area contributed by atoms with Crippen molar-refractivity contribution in [3.05, 3.63) is 41.8 Å². The van der Waals surface area contributed by atoms with Gasteiger partial charge in [-0.1, -0.05) is 0 Å². The fourth-order valence-corrected chi connectivity index (χ4v) is 1.88. The number of furan rings is 1. The smallest absolute Gasteiger partial charge is 0.253 e. The third kappa shape index (κ3) is 3.70. The summed E-state index contributed by atoms with van der Waals surface area (Å²) in [7, 11) is 3.98. The van der Waals surface area contributed by atoms with Crippen molar-refractivity contribution in [1.29, 1.82) is 0 Å². The van der Waals surface area contributed by atoms with Gasteiger partial charge in [-0.15, -0.1) is 0 Å². The summed E-state index contributed by atoms with van der Waals surface area (Å²) in [4.78, 5) is 18.7. The third-order valence-corrected chi connectivity index (χ3v) is 3.54. The van der Waals surface area contributed by atoms with Gasteiger partial charge in [0.2, 0.25) is 0 Å². The number of nitrogens with one attached hydrogen (secondary N) is 1. The van der Waals surface area contributed by atoms with E-state index in [2.05, 4.69) is 22.1 Å². The van der Waals surface area contributed by atoms with E-state index >= 15 is 0 Å². The van der Waals surface area contributed by atoms with Crippen LogP contribution >= 0.6 is 0 Å². The first-order valence-electron chi connectivity index (χ1n) is 6.95. The van der Waals surface area contributed by atoms with Crippen molar-refractivity contribution in [3.63, 3.8) is 0 Å². The van der Waals surface area contributed by atoms with Crippen LogP contribution < -0.4 is 5.32 Å². The maximum atomic E-state index is 12.2. The molecule has 112 valence electrons. The van der Waals surface area contributed by atoms with E-state index in [1.165, 1.54) is 0 Å². The molecule has 0 aromatic carbocycles. The predicted molar refractivity (Wildman–Crippen MR) is 82.2 cm³/mol. The molecule has 0 radical (unpaired) electrons. The molecule has 0 aliphatic rings. The van der Waals surface area contributed by atoms with E-state index in [4.69, 9.17) is 4.42 Å². The first kappa shape index (κ1) is 15.3. The summed E-state index contributed by atoms with van der Waals surface area (Å²) in [6.45, 7) is 4.49. The molecule has 2 aromatic rings. The average molecular weight is 287 g/mol. The van der Waals surface area contributed by atoms with Crippen molar-refractivity contribution in [2.24, 2.45) is 0 Å². The van der Waals surface area contributed by atoms with Gasteiger partial charge in [-0.25, -0.2) is 4.98 Å². The second kappa shape index (κ2) is 6.54. The quantitative estimate of drug-likeness (QED) is 0.917. The van der Waals surface area contributed by atoms with Crippen LogP contribution in [0.15, 0.2) is 34.9 Å². The van der Waals surface area contributed by atoms with Gasteiger partial charge in [0.15, 0.2) is 5.76 Å². The van der Waals surface area contributed by atoms with Crippen LogP contribution in [-0.4, -0.2) is 42.5 Å². The van der Waals surface area contributed by atoms with Gasteiger partial charge in [0.05, 0.1) is 17.5 Å². The highest BCUT2D eigenvalue weighted by molar-refractivity contribution is 5.95. The molecule has 1 atom stereocenters. The Bertz CT molecular complexity index is 606. The maximum absolute atomic E-state index is 12.2. The van der Waals surface area contributed by atoms with Gasteiger partial charge in [0, 0.05) is 12.6 Å². The van der Waals surface area contributed by atoms with Crippen molar-refractivity contribution in [2.75, 3.05) is 20.6 Å². The first-order chi connectivity index (χ1) is 9.99. The average Bonchev–Trinajstić information content (AvgIpc) is 2.98. The molecule has 0 fully saturated rings. The lowest BCUT2D eigenvalue weighted by Crippen LogP contribution is -2.38. The number of rotatable bonds is 5. The SMILES string of the molecule is Cc1nc(-c2ccco2)ccc1C(=O)NC[C@@H](C)N(C)C. The molecule has 2 rings (SSSR count). The number of pyridine rings is 1. The van der Waals surface area contributed by atoms with Crippen molar-refractivity contribution in [1.82, 2.24) is 15.2 Å². The molecule has 2 aromatic heterocycles. The Morgan fingerprint density at radius 3 is 2.71 bits per heavy atom. The number of nitrogens with zero attached hydrogens (tertiary/aromatic N) is 2. The van der Waals surface area contributed by atoms with Crippen LogP contribution in [0.3, 0.4) is 0 Å². The standard InChI is InChI=1S/C16H21N3O2/c1-11(19(3)4)10-17-16(20)13-7-8-14(18-12(13)2)15-6-5-9-21-15/h5-9,11H,10H2,1-4H3,(H,17,20)/t11-/m1/s1. The molecular weight excluding hydrogens is 266 g/mol. The fourth-order valence-electron chi connectivity index (χ4n) is 1.88. The van der Waals surface area contributed by atoms with Gasteiger partial charge in [-0.3, -0.25) is 4.79 Å². The number of amides is 1. The Morgan fingerprint density at radius 1 is 1.38 bits per heavy atom. The molecule has 0 saturated heterocycles. The van der Waals surface area contributed by atoms with Crippen LogP contribution in [-0.2, 0) is 0 Å². The second-order valence-corrected chi connectivity index (χ2v) is 5.33. The predicted octanol–water partition coefficient (Wildman–Crippen LogP) is 2.33. The molecule has 0 bridgehead atoms. The lowest BCUT2D eigenvalue weighted by molar-refractivity contribution is 0.0942. The molecule has 1 amide bonds. The van der Waals surface area contributed by atoms with Crippen LogP contribution in [0.25, 0.3) is 11.5 Å². The molecule has 2 heterocycles. The number of hydrogen-bond donors (Lipinski definition) is 1. The second-order valence-electron chi connectivity index (χ2n) is 5.33. The van der Waals surface area contributed by atoms with E-state index < -0.39 is 0 Å². The normalized spacial score (nSPS) is 12.4. The Balaban J connectivity index is 2.08. The van der Waals surface area contributed by atoms with E-state index in [1.54, 1.807) is 18.4 Å². The molecule has 0 spiro atoms. The largest absolute Gasteiger partial charge is 0.463 e. The molecular formula is C16H21N3O2. The molecule has 0 aliphatic heterocycles.